The molecule has 3 rings (SSSR count). The number of nitrogens with zero attached hydrogens (tertiary/aromatic N) is 3. The molecule has 0 atom stereocenters. The Balaban J connectivity index is 1.92. The Bertz CT molecular complexity index is 415. The number of anilines is 1. The van der Waals surface area contributed by atoms with Crippen LogP contribution in [0.25, 0.3) is 0 Å². The van der Waals surface area contributed by atoms with Crippen LogP contribution in [0.2, 0.25) is 0 Å². The van der Waals surface area contributed by atoms with Crippen LogP contribution < -0.4 is 10.2 Å². The predicted octanol–water partition coefficient (Wildman–Crippen LogP) is 0.267. The molecule has 0 saturated carbocycles. The van der Waals surface area contributed by atoms with Crippen LogP contribution in [0.15, 0.2) is 0 Å². The molecule has 0 aliphatic carbocycles. The minimum absolute atomic E-state index is 0.776. The van der Waals surface area contributed by atoms with E-state index in [-0.39, 0.29) is 0 Å². The largest absolute Gasteiger partial charge is 0.378 e. The van der Waals surface area contributed by atoms with E-state index in [1.807, 2.05) is 0 Å². The molecule has 1 fully saturated rings. The van der Waals surface area contributed by atoms with Gasteiger partial charge in [0.25, 0.3) is 0 Å². The van der Waals surface area contributed by atoms with Gasteiger partial charge in [0.15, 0.2) is 0 Å². The number of aryl methyl sites for hydroxylation is 1. The molecule has 17 heavy (non-hydrogen) atoms. The average molecular weight is 234 g/mol. The zero-order chi connectivity index (χ0) is 11.7. The molecular weight excluding hydrogens is 216 g/mol. The summed E-state index contributed by atoms with van der Waals surface area (Å²) in [6.45, 7) is 7.34. The fourth-order valence-corrected chi connectivity index (χ4v) is 2.44. The highest BCUT2D eigenvalue weighted by molar-refractivity contribution is 5.38. The highest BCUT2D eigenvalue weighted by atomic mass is 16.5. The van der Waals surface area contributed by atoms with Crippen molar-refractivity contribution in [2.75, 3.05) is 37.7 Å². The van der Waals surface area contributed by atoms with E-state index in [0.29, 0.717) is 0 Å². The molecule has 1 aromatic heterocycles. The van der Waals surface area contributed by atoms with Crippen molar-refractivity contribution in [1.29, 1.82) is 0 Å². The van der Waals surface area contributed by atoms with E-state index in [0.717, 1.165) is 57.5 Å². The van der Waals surface area contributed by atoms with Crippen molar-refractivity contribution in [3.05, 3.63) is 17.0 Å². The molecule has 2 aliphatic heterocycles. The first-order valence-corrected chi connectivity index (χ1v) is 6.24. The molecule has 2 aliphatic rings. The fourth-order valence-electron chi connectivity index (χ4n) is 2.44. The molecule has 0 unspecified atom stereocenters. The molecular formula is C12H18N4O. The second-order valence-corrected chi connectivity index (χ2v) is 4.56. The van der Waals surface area contributed by atoms with Crippen LogP contribution in [0.4, 0.5) is 5.95 Å². The molecule has 1 aromatic rings. The summed E-state index contributed by atoms with van der Waals surface area (Å²) < 4.78 is 5.35. The van der Waals surface area contributed by atoms with Crippen LogP contribution in [0.5, 0.6) is 0 Å². The molecule has 0 aromatic carbocycles. The Kier molecular flexibility index (Phi) is 2.94. The van der Waals surface area contributed by atoms with Crippen LogP contribution in [-0.2, 0) is 17.7 Å². The number of hydrogen-bond acceptors (Lipinski definition) is 5. The highest BCUT2D eigenvalue weighted by Gasteiger charge is 2.19. The predicted molar refractivity (Wildman–Crippen MR) is 65.2 cm³/mol. The second-order valence-electron chi connectivity index (χ2n) is 4.56. The topological polar surface area (TPSA) is 50.3 Å². The summed E-state index contributed by atoms with van der Waals surface area (Å²) in [6, 6.07) is 0. The van der Waals surface area contributed by atoms with Crippen molar-refractivity contribution >= 4 is 5.95 Å². The number of ether oxygens (including phenoxy) is 1. The van der Waals surface area contributed by atoms with E-state index in [1.165, 1.54) is 11.3 Å². The van der Waals surface area contributed by atoms with Gasteiger partial charge in [-0.25, -0.2) is 9.97 Å². The fraction of sp³-hybridized carbons (Fsp3) is 0.667. The van der Waals surface area contributed by atoms with E-state index in [2.05, 4.69) is 22.1 Å². The van der Waals surface area contributed by atoms with Gasteiger partial charge in [-0.15, -0.1) is 0 Å². The number of morpholine rings is 1. The third-order valence-electron chi connectivity index (χ3n) is 3.43. The minimum Gasteiger partial charge on any atom is -0.378 e. The number of hydrogen-bond donors (Lipinski definition) is 1. The first-order chi connectivity index (χ1) is 8.34. The normalized spacial score (nSPS) is 20.2. The Labute approximate surface area is 101 Å². The lowest BCUT2D eigenvalue weighted by Crippen LogP contribution is -2.38. The maximum Gasteiger partial charge on any atom is 0.225 e. The van der Waals surface area contributed by atoms with Gasteiger partial charge in [0.05, 0.1) is 18.9 Å². The van der Waals surface area contributed by atoms with Crippen molar-refractivity contribution < 1.29 is 4.74 Å². The maximum absolute atomic E-state index is 5.35. The van der Waals surface area contributed by atoms with Crippen LogP contribution in [0, 0.1) is 6.92 Å². The molecule has 92 valence electrons. The van der Waals surface area contributed by atoms with Crippen LogP contribution in [0.3, 0.4) is 0 Å². The molecule has 0 bridgehead atoms. The van der Waals surface area contributed by atoms with Gasteiger partial charge in [0, 0.05) is 25.3 Å². The lowest BCUT2D eigenvalue weighted by molar-refractivity contribution is 0.122. The van der Waals surface area contributed by atoms with Crippen LogP contribution in [-0.4, -0.2) is 42.8 Å². The van der Waals surface area contributed by atoms with E-state index >= 15 is 0 Å². The third kappa shape index (κ3) is 2.12. The lowest BCUT2D eigenvalue weighted by Gasteiger charge is -2.28. The minimum atomic E-state index is 0.776. The van der Waals surface area contributed by atoms with E-state index in [9.17, 15) is 0 Å². The third-order valence-corrected chi connectivity index (χ3v) is 3.43. The Morgan fingerprint density at radius 2 is 2.06 bits per heavy atom. The molecule has 0 radical (unpaired) electrons. The molecule has 5 nitrogen and oxygen atoms in total. The van der Waals surface area contributed by atoms with Crippen molar-refractivity contribution in [2.45, 2.75) is 19.9 Å². The molecule has 5 heteroatoms. The van der Waals surface area contributed by atoms with Gasteiger partial charge < -0.3 is 15.0 Å². The summed E-state index contributed by atoms with van der Waals surface area (Å²) in [6.07, 6.45) is 1.05. The highest BCUT2D eigenvalue weighted by Crippen LogP contribution is 2.19. The molecule has 0 amide bonds. The standard InChI is InChI=1S/C12H18N4O/c1-9-10-2-3-13-8-11(10)15-12(14-9)16-4-6-17-7-5-16/h13H,2-8H2,1H3. The molecule has 1 N–H and O–H groups in total. The summed E-state index contributed by atoms with van der Waals surface area (Å²) in [7, 11) is 0. The maximum atomic E-state index is 5.35. The van der Waals surface area contributed by atoms with Gasteiger partial charge in [-0.3, -0.25) is 0 Å². The zero-order valence-corrected chi connectivity index (χ0v) is 10.2. The van der Waals surface area contributed by atoms with Crippen molar-refractivity contribution in [3.8, 4) is 0 Å². The quantitative estimate of drug-likeness (QED) is 0.756. The number of nitrogens with one attached hydrogen (secondary N) is 1. The number of fused-ring (bicyclic) bond motifs is 1. The summed E-state index contributed by atoms with van der Waals surface area (Å²) in [4.78, 5) is 11.5. The summed E-state index contributed by atoms with van der Waals surface area (Å²) in [5, 5.41) is 3.36. The molecule has 0 spiro atoms. The SMILES string of the molecule is Cc1nc(N2CCOCC2)nc2c1CCNC2. The summed E-state index contributed by atoms with van der Waals surface area (Å²) in [5.74, 6) is 0.869. The van der Waals surface area contributed by atoms with Gasteiger partial charge in [-0.2, -0.15) is 0 Å². The van der Waals surface area contributed by atoms with Crippen LogP contribution >= 0.6 is 0 Å². The number of rotatable bonds is 1. The van der Waals surface area contributed by atoms with Gasteiger partial charge in [0.1, 0.15) is 0 Å². The van der Waals surface area contributed by atoms with Crippen molar-refractivity contribution in [2.24, 2.45) is 0 Å². The van der Waals surface area contributed by atoms with E-state index in [1.54, 1.807) is 0 Å². The van der Waals surface area contributed by atoms with Gasteiger partial charge in [-0.1, -0.05) is 0 Å². The van der Waals surface area contributed by atoms with Crippen molar-refractivity contribution in [3.63, 3.8) is 0 Å². The Morgan fingerprint density at radius 1 is 1.24 bits per heavy atom. The molecule has 1 saturated heterocycles. The van der Waals surface area contributed by atoms with Gasteiger partial charge >= 0.3 is 0 Å². The Morgan fingerprint density at radius 3 is 2.88 bits per heavy atom. The summed E-state index contributed by atoms with van der Waals surface area (Å²) >= 11 is 0. The number of aromatic nitrogens is 2. The van der Waals surface area contributed by atoms with E-state index in [4.69, 9.17) is 9.72 Å². The molecule has 3 heterocycles. The summed E-state index contributed by atoms with van der Waals surface area (Å²) in [5.41, 5.74) is 3.64. The van der Waals surface area contributed by atoms with Crippen molar-refractivity contribution in [1.82, 2.24) is 15.3 Å². The van der Waals surface area contributed by atoms with Gasteiger partial charge in [-0.05, 0) is 25.5 Å². The average Bonchev–Trinajstić information content (AvgIpc) is 2.40. The van der Waals surface area contributed by atoms with Gasteiger partial charge in [0.2, 0.25) is 5.95 Å². The van der Waals surface area contributed by atoms with E-state index < -0.39 is 0 Å². The monoisotopic (exact) mass is 234 g/mol. The Hall–Kier alpha value is -1.20. The second kappa shape index (κ2) is 4.58. The first kappa shape index (κ1) is 10.9. The smallest absolute Gasteiger partial charge is 0.225 e. The first-order valence-electron chi connectivity index (χ1n) is 6.24. The van der Waals surface area contributed by atoms with Crippen LogP contribution in [0.1, 0.15) is 17.0 Å². The lowest BCUT2D eigenvalue weighted by atomic mass is 10.1. The zero-order valence-electron chi connectivity index (χ0n) is 10.2.